The fourth-order valence-electron chi connectivity index (χ4n) is 3.21. The highest BCUT2D eigenvalue weighted by molar-refractivity contribution is 9.10. The van der Waals surface area contributed by atoms with Gasteiger partial charge in [-0.05, 0) is 65.4 Å². The minimum Gasteiger partial charge on any atom is -0.494 e. The molecular weight excluding hydrogens is 360 g/mol. The molecule has 6 heteroatoms. The van der Waals surface area contributed by atoms with Crippen LogP contribution in [0.4, 0.5) is 0 Å². The fraction of sp³-hybridized carbons (Fsp3) is 0.294. The molecule has 1 aromatic carbocycles. The molecule has 118 valence electrons. The molecule has 0 radical (unpaired) electrons. The number of benzene rings is 1. The Labute approximate surface area is 141 Å². The van der Waals surface area contributed by atoms with Gasteiger partial charge >= 0.3 is 5.97 Å². The van der Waals surface area contributed by atoms with Crippen molar-refractivity contribution >= 4 is 21.9 Å². The van der Waals surface area contributed by atoms with Crippen molar-refractivity contribution in [2.24, 2.45) is 0 Å². The highest BCUT2D eigenvalue weighted by Crippen LogP contribution is 2.37. The van der Waals surface area contributed by atoms with Gasteiger partial charge in [0.1, 0.15) is 6.07 Å². The Balaban J connectivity index is 2.19. The molecule has 0 atom stereocenters. The molecule has 1 aliphatic rings. The van der Waals surface area contributed by atoms with Crippen molar-refractivity contribution in [1.29, 1.82) is 5.26 Å². The van der Waals surface area contributed by atoms with E-state index in [1.54, 1.807) is 22.8 Å². The van der Waals surface area contributed by atoms with Gasteiger partial charge in [-0.25, -0.2) is 0 Å². The second-order valence-electron chi connectivity index (χ2n) is 5.62. The summed E-state index contributed by atoms with van der Waals surface area (Å²) in [4.78, 5) is 11.1. The lowest BCUT2D eigenvalue weighted by atomic mass is 9.94. The van der Waals surface area contributed by atoms with E-state index in [9.17, 15) is 9.90 Å². The topological polar surface area (TPSA) is 86.3 Å². The summed E-state index contributed by atoms with van der Waals surface area (Å²) in [5, 5.41) is 28.8. The number of carboxylic acid groups (broad SMARTS) is 1. The van der Waals surface area contributed by atoms with Crippen LogP contribution in [0, 0.1) is 11.3 Å². The molecular formula is C17H15BrN2O3. The average Bonchev–Trinajstić information content (AvgIpc) is 2.79. The van der Waals surface area contributed by atoms with Gasteiger partial charge in [-0.2, -0.15) is 5.26 Å². The van der Waals surface area contributed by atoms with Crippen molar-refractivity contribution in [3.63, 3.8) is 0 Å². The third-order valence-corrected chi connectivity index (χ3v) is 4.87. The van der Waals surface area contributed by atoms with E-state index < -0.39 is 5.97 Å². The first-order chi connectivity index (χ1) is 11.0. The van der Waals surface area contributed by atoms with Crippen molar-refractivity contribution in [1.82, 2.24) is 4.57 Å². The van der Waals surface area contributed by atoms with Crippen molar-refractivity contribution in [3.05, 3.63) is 45.1 Å². The van der Waals surface area contributed by atoms with E-state index in [1.807, 2.05) is 0 Å². The molecule has 0 bridgehead atoms. The Bertz CT molecular complexity index is 833. The predicted octanol–water partition coefficient (Wildman–Crippen LogP) is 3.32. The van der Waals surface area contributed by atoms with Crippen LogP contribution in [0.5, 0.6) is 5.88 Å². The van der Waals surface area contributed by atoms with Crippen molar-refractivity contribution in [3.8, 4) is 17.6 Å². The normalized spacial score (nSPS) is 13.4. The van der Waals surface area contributed by atoms with Gasteiger partial charge in [-0.3, -0.25) is 9.36 Å². The Morgan fingerprint density at radius 1 is 1.35 bits per heavy atom. The van der Waals surface area contributed by atoms with Crippen molar-refractivity contribution in [2.45, 2.75) is 32.1 Å². The molecule has 1 aliphatic carbocycles. The lowest BCUT2D eigenvalue weighted by Gasteiger charge is -2.16. The molecule has 1 heterocycles. The number of nitrogens with zero attached hydrogens (tertiary/aromatic N) is 2. The third kappa shape index (κ3) is 2.73. The number of carboxylic acids is 1. The van der Waals surface area contributed by atoms with Gasteiger partial charge in [0.25, 0.3) is 0 Å². The van der Waals surface area contributed by atoms with Crippen LogP contribution in [0.2, 0.25) is 0 Å². The van der Waals surface area contributed by atoms with Gasteiger partial charge in [0.05, 0.1) is 12.0 Å². The summed E-state index contributed by atoms with van der Waals surface area (Å²) >= 11 is 3.36. The van der Waals surface area contributed by atoms with Crippen LogP contribution in [0.3, 0.4) is 0 Å². The molecule has 0 saturated carbocycles. The molecule has 0 amide bonds. The SMILES string of the molecule is N#Cc1ccc(-n2c(O)c(CC(=O)O)c3c2CCCC3)cc1Br. The van der Waals surface area contributed by atoms with E-state index in [0.717, 1.165) is 42.6 Å². The summed E-state index contributed by atoms with van der Waals surface area (Å²) < 4.78 is 2.37. The number of fused-ring (bicyclic) bond motifs is 1. The Morgan fingerprint density at radius 3 is 2.74 bits per heavy atom. The van der Waals surface area contributed by atoms with Gasteiger partial charge in [0.2, 0.25) is 0 Å². The summed E-state index contributed by atoms with van der Waals surface area (Å²) in [6.45, 7) is 0. The van der Waals surface area contributed by atoms with Crippen molar-refractivity contribution in [2.75, 3.05) is 0 Å². The fourth-order valence-corrected chi connectivity index (χ4v) is 3.66. The number of aromatic hydroxyl groups is 1. The van der Waals surface area contributed by atoms with Crippen LogP contribution in [0.15, 0.2) is 22.7 Å². The maximum absolute atomic E-state index is 11.1. The zero-order chi connectivity index (χ0) is 16.6. The summed E-state index contributed by atoms with van der Waals surface area (Å²) in [5.74, 6) is -0.956. The van der Waals surface area contributed by atoms with Gasteiger partial charge in [0.15, 0.2) is 5.88 Å². The summed E-state index contributed by atoms with van der Waals surface area (Å²) in [7, 11) is 0. The molecule has 3 rings (SSSR count). The molecule has 23 heavy (non-hydrogen) atoms. The molecule has 0 aliphatic heterocycles. The van der Waals surface area contributed by atoms with E-state index in [1.165, 1.54) is 0 Å². The number of hydrogen-bond donors (Lipinski definition) is 2. The summed E-state index contributed by atoms with van der Waals surface area (Å²) in [6.07, 6.45) is 3.43. The second-order valence-corrected chi connectivity index (χ2v) is 6.47. The first kappa shape index (κ1) is 15.6. The van der Waals surface area contributed by atoms with E-state index >= 15 is 0 Å². The number of aliphatic carboxylic acids is 1. The van der Waals surface area contributed by atoms with Gasteiger partial charge < -0.3 is 10.2 Å². The first-order valence-corrected chi connectivity index (χ1v) is 8.18. The van der Waals surface area contributed by atoms with Crippen LogP contribution in [-0.4, -0.2) is 20.7 Å². The molecule has 2 aromatic rings. The van der Waals surface area contributed by atoms with Crippen LogP contribution < -0.4 is 0 Å². The minimum absolute atomic E-state index is 0.00379. The number of halogens is 1. The molecule has 0 fully saturated rings. The quantitative estimate of drug-likeness (QED) is 0.862. The number of hydrogen-bond acceptors (Lipinski definition) is 3. The third-order valence-electron chi connectivity index (χ3n) is 4.21. The molecule has 1 aromatic heterocycles. The zero-order valence-corrected chi connectivity index (χ0v) is 13.9. The Morgan fingerprint density at radius 2 is 2.09 bits per heavy atom. The Hall–Kier alpha value is -2.26. The van der Waals surface area contributed by atoms with Crippen LogP contribution in [0.25, 0.3) is 5.69 Å². The first-order valence-electron chi connectivity index (χ1n) is 7.39. The number of aromatic nitrogens is 1. The van der Waals surface area contributed by atoms with Crippen LogP contribution in [0.1, 0.15) is 35.2 Å². The van der Waals surface area contributed by atoms with E-state index in [4.69, 9.17) is 10.4 Å². The minimum atomic E-state index is -0.952. The predicted molar refractivity (Wildman–Crippen MR) is 87.8 cm³/mol. The smallest absolute Gasteiger partial charge is 0.308 e. The van der Waals surface area contributed by atoms with Crippen LogP contribution >= 0.6 is 15.9 Å². The van der Waals surface area contributed by atoms with E-state index in [0.29, 0.717) is 15.6 Å². The summed E-state index contributed by atoms with van der Waals surface area (Å²) in [6, 6.07) is 7.31. The molecule has 0 spiro atoms. The lowest BCUT2D eigenvalue weighted by molar-refractivity contribution is -0.136. The zero-order valence-electron chi connectivity index (χ0n) is 12.3. The van der Waals surface area contributed by atoms with Gasteiger partial charge in [0, 0.05) is 21.4 Å². The summed E-state index contributed by atoms with van der Waals surface area (Å²) in [5.41, 5.74) is 3.68. The van der Waals surface area contributed by atoms with E-state index in [2.05, 4.69) is 22.0 Å². The lowest BCUT2D eigenvalue weighted by Crippen LogP contribution is -2.08. The molecule has 0 unspecified atom stereocenters. The van der Waals surface area contributed by atoms with Crippen LogP contribution in [-0.2, 0) is 24.1 Å². The van der Waals surface area contributed by atoms with Gasteiger partial charge in [-0.1, -0.05) is 0 Å². The number of carbonyl (C=O) groups is 1. The molecule has 0 saturated heterocycles. The maximum atomic E-state index is 11.1. The number of rotatable bonds is 3. The van der Waals surface area contributed by atoms with Crippen molar-refractivity contribution < 1.29 is 15.0 Å². The van der Waals surface area contributed by atoms with E-state index in [-0.39, 0.29) is 12.3 Å². The standard InChI is InChI=1S/C17H15BrN2O3/c18-14-7-11(6-5-10(14)9-19)20-15-4-2-1-3-12(15)13(17(20)23)8-16(21)22/h5-7,23H,1-4,8H2,(H,21,22). The maximum Gasteiger partial charge on any atom is 0.308 e. The largest absolute Gasteiger partial charge is 0.494 e. The number of nitriles is 1. The highest BCUT2D eigenvalue weighted by atomic mass is 79.9. The highest BCUT2D eigenvalue weighted by Gasteiger charge is 2.26. The monoisotopic (exact) mass is 374 g/mol. The van der Waals surface area contributed by atoms with Gasteiger partial charge in [-0.15, -0.1) is 0 Å². The Kier molecular flexibility index (Phi) is 4.14. The average molecular weight is 375 g/mol. The second kappa shape index (κ2) is 6.09. The molecule has 5 nitrogen and oxygen atoms in total. The molecule has 2 N–H and O–H groups in total.